The average Bonchev–Trinajstić information content (AvgIpc) is 3.67. The van der Waals surface area contributed by atoms with E-state index in [0.29, 0.717) is 23.4 Å². The standard InChI is InChI=1S/C24H30F2N6O3/c1-30(2)15-6-4-14(5-7-15)28-23-27-11-13-12-31(24(34)32(16-8-9-16)22(13)29-23)21-19(25)17(33)10-18(35-3)20(21)26/h10-11,14-16,33H,4-9,12H2,1-3H3,(H,27,28,29). The summed E-state index contributed by atoms with van der Waals surface area (Å²) < 4.78 is 34.8. The van der Waals surface area contributed by atoms with Crippen molar-refractivity contribution in [2.45, 2.75) is 63.2 Å². The number of nitrogens with zero attached hydrogens (tertiary/aromatic N) is 5. The van der Waals surface area contributed by atoms with Crippen molar-refractivity contribution in [1.82, 2.24) is 14.9 Å². The first kappa shape index (κ1) is 23.5. The van der Waals surface area contributed by atoms with Gasteiger partial charge in [-0.1, -0.05) is 0 Å². The second-order valence-electron chi connectivity index (χ2n) is 9.70. The molecule has 5 rings (SSSR count). The molecule has 1 aromatic carbocycles. The Morgan fingerprint density at radius 1 is 1.14 bits per heavy atom. The molecule has 2 heterocycles. The lowest BCUT2D eigenvalue weighted by Crippen LogP contribution is -2.49. The van der Waals surface area contributed by atoms with Crippen molar-refractivity contribution in [1.29, 1.82) is 0 Å². The summed E-state index contributed by atoms with van der Waals surface area (Å²) >= 11 is 0. The van der Waals surface area contributed by atoms with Crippen LogP contribution in [0.5, 0.6) is 11.5 Å². The molecule has 0 unspecified atom stereocenters. The van der Waals surface area contributed by atoms with E-state index in [4.69, 9.17) is 4.74 Å². The lowest BCUT2D eigenvalue weighted by molar-refractivity contribution is 0.221. The number of rotatable bonds is 6. The predicted molar refractivity (Wildman–Crippen MR) is 127 cm³/mol. The fourth-order valence-electron chi connectivity index (χ4n) is 4.97. The Morgan fingerprint density at radius 3 is 2.49 bits per heavy atom. The summed E-state index contributed by atoms with van der Waals surface area (Å²) in [7, 11) is 5.41. The van der Waals surface area contributed by atoms with Crippen molar-refractivity contribution in [3.05, 3.63) is 29.5 Å². The van der Waals surface area contributed by atoms with Gasteiger partial charge in [-0.3, -0.25) is 9.80 Å². The lowest BCUT2D eigenvalue weighted by atomic mass is 9.91. The first-order valence-electron chi connectivity index (χ1n) is 11.9. The highest BCUT2D eigenvalue weighted by Gasteiger charge is 2.44. The highest BCUT2D eigenvalue weighted by Crippen LogP contribution is 2.43. The minimum Gasteiger partial charge on any atom is -0.505 e. The number of phenolic OH excluding ortho intramolecular Hbond substituents is 1. The van der Waals surface area contributed by atoms with E-state index in [-0.39, 0.29) is 24.4 Å². The van der Waals surface area contributed by atoms with E-state index in [0.717, 1.165) is 49.5 Å². The zero-order valence-corrected chi connectivity index (χ0v) is 20.1. The molecule has 2 N–H and O–H groups in total. The Balaban J connectivity index is 1.44. The summed E-state index contributed by atoms with van der Waals surface area (Å²) in [4.78, 5) is 27.3. The number of aromatic nitrogens is 2. The van der Waals surface area contributed by atoms with Crippen LogP contribution in [0.2, 0.25) is 0 Å². The quantitative estimate of drug-likeness (QED) is 0.638. The van der Waals surface area contributed by atoms with Gasteiger partial charge in [-0.15, -0.1) is 0 Å². The molecule has 2 fully saturated rings. The summed E-state index contributed by atoms with van der Waals surface area (Å²) in [6, 6.07) is 0.970. The molecular formula is C24H30F2N6O3. The van der Waals surface area contributed by atoms with Crippen LogP contribution in [0, 0.1) is 11.6 Å². The molecule has 0 bridgehead atoms. The molecule has 2 aromatic rings. The van der Waals surface area contributed by atoms with Crippen molar-refractivity contribution in [3.63, 3.8) is 0 Å². The normalized spacial score (nSPS) is 22.4. The zero-order chi connectivity index (χ0) is 24.9. The molecule has 1 aliphatic heterocycles. The van der Waals surface area contributed by atoms with Gasteiger partial charge in [0, 0.05) is 36.0 Å². The molecule has 35 heavy (non-hydrogen) atoms. The molecule has 2 amide bonds. The SMILES string of the molecule is COc1cc(O)c(F)c(N2Cc3cnc(NC4CCC(N(C)C)CC4)nc3N(C3CC3)C2=O)c1F. The number of ether oxygens (including phenoxy) is 1. The van der Waals surface area contributed by atoms with E-state index in [1.165, 1.54) is 12.0 Å². The number of hydrogen-bond donors (Lipinski definition) is 2. The number of anilines is 3. The van der Waals surface area contributed by atoms with Crippen molar-refractivity contribution < 1.29 is 23.4 Å². The van der Waals surface area contributed by atoms with E-state index in [1.54, 1.807) is 6.20 Å². The van der Waals surface area contributed by atoms with Crippen molar-refractivity contribution >= 4 is 23.5 Å². The largest absolute Gasteiger partial charge is 0.505 e. The number of fused-ring (bicyclic) bond motifs is 1. The third kappa shape index (κ3) is 4.33. The second kappa shape index (κ2) is 9.10. The Kier molecular flexibility index (Phi) is 6.12. The van der Waals surface area contributed by atoms with Gasteiger partial charge in [-0.25, -0.2) is 18.6 Å². The predicted octanol–water partition coefficient (Wildman–Crippen LogP) is 3.86. The number of urea groups is 1. The summed E-state index contributed by atoms with van der Waals surface area (Å²) in [6.45, 7) is -0.133. The maximum atomic E-state index is 15.1. The molecule has 0 saturated heterocycles. The molecule has 188 valence electrons. The second-order valence-corrected chi connectivity index (χ2v) is 9.70. The van der Waals surface area contributed by atoms with Gasteiger partial charge in [0.1, 0.15) is 11.5 Å². The molecule has 9 nitrogen and oxygen atoms in total. The molecule has 2 aliphatic carbocycles. The first-order chi connectivity index (χ1) is 16.8. The van der Waals surface area contributed by atoms with E-state index < -0.39 is 29.1 Å². The van der Waals surface area contributed by atoms with Crippen LogP contribution in [-0.2, 0) is 6.54 Å². The smallest absolute Gasteiger partial charge is 0.330 e. The van der Waals surface area contributed by atoms with E-state index >= 15 is 4.39 Å². The molecular weight excluding hydrogens is 458 g/mol. The number of nitrogens with one attached hydrogen (secondary N) is 1. The monoisotopic (exact) mass is 488 g/mol. The number of amides is 2. The number of hydrogen-bond acceptors (Lipinski definition) is 7. The van der Waals surface area contributed by atoms with Gasteiger partial charge < -0.3 is 20.1 Å². The van der Waals surface area contributed by atoms with Crippen LogP contribution in [0.4, 0.5) is 31.0 Å². The maximum Gasteiger partial charge on any atom is 0.330 e. The number of benzene rings is 1. The van der Waals surface area contributed by atoms with Crippen LogP contribution in [0.3, 0.4) is 0 Å². The first-order valence-corrected chi connectivity index (χ1v) is 11.9. The molecule has 0 atom stereocenters. The van der Waals surface area contributed by atoms with Gasteiger partial charge in [0.2, 0.25) is 5.95 Å². The van der Waals surface area contributed by atoms with Gasteiger partial charge in [0.25, 0.3) is 0 Å². The number of carbonyl (C=O) groups is 1. The summed E-state index contributed by atoms with van der Waals surface area (Å²) in [5.74, 6) is -2.52. The fraction of sp³-hybridized carbons (Fsp3) is 0.542. The van der Waals surface area contributed by atoms with Gasteiger partial charge in [-0.05, 0) is 52.6 Å². The van der Waals surface area contributed by atoms with Crippen LogP contribution in [0.1, 0.15) is 44.1 Å². The number of methoxy groups -OCH3 is 1. The van der Waals surface area contributed by atoms with Crippen molar-refractivity contribution in [2.75, 3.05) is 36.3 Å². The van der Waals surface area contributed by atoms with Crippen LogP contribution in [-0.4, -0.2) is 65.3 Å². The number of phenols is 1. The van der Waals surface area contributed by atoms with Gasteiger partial charge in [-0.2, -0.15) is 4.98 Å². The van der Waals surface area contributed by atoms with Gasteiger partial charge >= 0.3 is 6.03 Å². The maximum absolute atomic E-state index is 15.1. The Hall–Kier alpha value is -3.21. The molecule has 1 aromatic heterocycles. The number of halogens is 2. The Morgan fingerprint density at radius 2 is 1.86 bits per heavy atom. The van der Waals surface area contributed by atoms with Crippen molar-refractivity contribution in [2.24, 2.45) is 0 Å². The summed E-state index contributed by atoms with van der Waals surface area (Å²) in [5, 5.41) is 13.4. The lowest BCUT2D eigenvalue weighted by Gasteiger charge is -2.37. The highest BCUT2D eigenvalue weighted by molar-refractivity contribution is 6.06. The van der Waals surface area contributed by atoms with Crippen LogP contribution >= 0.6 is 0 Å². The molecule has 2 saturated carbocycles. The topological polar surface area (TPSA) is 94.1 Å². The molecule has 3 aliphatic rings. The Labute approximate surface area is 202 Å². The average molecular weight is 489 g/mol. The van der Waals surface area contributed by atoms with Gasteiger partial charge in [0.05, 0.1) is 13.7 Å². The van der Waals surface area contributed by atoms with E-state index in [9.17, 15) is 14.3 Å². The molecule has 0 spiro atoms. The fourth-order valence-corrected chi connectivity index (χ4v) is 4.97. The molecule has 11 heteroatoms. The molecule has 0 radical (unpaired) electrons. The summed E-state index contributed by atoms with van der Waals surface area (Å²) in [5.41, 5.74) is -0.0810. The van der Waals surface area contributed by atoms with Crippen LogP contribution in [0.15, 0.2) is 12.3 Å². The van der Waals surface area contributed by atoms with Crippen molar-refractivity contribution in [3.8, 4) is 11.5 Å². The van der Waals surface area contributed by atoms with Crippen LogP contribution < -0.4 is 19.9 Å². The van der Waals surface area contributed by atoms with Crippen LogP contribution in [0.25, 0.3) is 0 Å². The zero-order valence-electron chi connectivity index (χ0n) is 20.1. The number of carbonyl (C=O) groups excluding carboxylic acids is 1. The third-order valence-corrected chi connectivity index (χ3v) is 7.12. The highest BCUT2D eigenvalue weighted by atomic mass is 19.1. The number of aromatic hydroxyl groups is 1. The minimum absolute atomic E-state index is 0.104. The third-order valence-electron chi connectivity index (χ3n) is 7.12. The summed E-state index contributed by atoms with van der Waals surface area (Å²) in [6.07, 6.45) is 7.31. The van der Waals surface area contributed by atoms with E-state index in [2.05, 4.69) is 34.3 Å². The van der Waals surface area contributed by atoms with E-state index in [1.807, 2.05) is 0 Å². The van der Waals surface area contributed by atoms with Gasteiger partial charge in [0.15, 0.2) is 23.1 Å². The Bertz CT molecular complexity index is 1130. The minimum atomic E-state index is -1.22.